The van der Waals surface area contributed by atoms with Crippen molar-refractivity contribution in [1.29, 1.82) is 0 Å². The molecule has 170 valence electrons. The van der Waals surface area contributed by atoms with Crippen molar-refractivity contribution in [3.63, 3.8) is 0 Å². The first kappa shape index (κ1) is 23.7. The number of carbonyl (C=O) groups is 1. The van der Waals surface area contributed by atoms with Gasteiger partial charge in [0.25, 0.3) is 5.91 Å². The zero-order valence-electron chi connectivity index (χ0n) is 19.7. The summed E-state index contributed by atoms with van der Waals surface area (Å²) in [5.41, 5.74) is 2.71. The van der Waals surface area contributed by atoms with Crippen LogP contribution in [-0.2, 0) is 6.54 Å². The van der Waals surface area contributed by atoms with Gasteiger partial charge in [-0.3, -0.25) is 4.79 Å². The molecule has 1 amide bonds. The third-order valence-corrected chi connectivity index (χ3v) is 5.79. The molecule has 32 heavy (non-hydrogen) atoms. The van der Waals surface area contributed by atoms with Gasteiger partial charge >= 0.3 is 0 Å². The van der Waals surface area contributed by atoms with Gasteiger partial charge in [-0.15, -0.1) is 0 Å². The van der Waals surface area contributed by atoms with Crippen molar-refractivity contribution in [2.45, 2.75) is 39.2 Å². The molecule has 3 aromatic rings. The second-order valence-electron chi connectivity index (χ2n) is 8.50. The molecule has 1 N–H and O–H groups in total. The number of amides is 1. The van der Waals surface area contributed by atoms with Crippen LogP contribution in [0, 0.1) is 0 Å². The molecule has 5 nitrogen and oxygen atoms in total. The molecule has 5 heteroatoms. The van der Waals surface area contributed by atoms with Gasteiger partial charge in [0, 0.05) is 25.5 Å². The molecular weight excluding hydrogens is 396 g/mol. The molecule has 4 rings (SSSR count). The number of fused-ring (bicyclic) bond motifs is 1. The van der Waals surface area contributed by atoms with Crippen LogP contribution < -0.4 is 5.32 Å². The van der Waals surface area contributed by atoms with Gasteiger partial charge in [0.2, 0.25) is 0 Å². The van der Waals surface area contributed by atoms with Crippen molar-refractivity contribution in [1.82, 2.24) is 14.8 Å². The summed E-state index contributed by atoms with van der Waals surface area (Å²) in [4.78, 5) is 21.8. The van der Waals surface area contributed by atoms with E-state index in [0.29, 0.717) is 12.1 Å². The minimum absolute atomic E-state index is 0.0415. The first-order valence-corrected chi connectivity index (χ1v) is 11.7. The lowest BCUT2D eigenvalue weighted by atomic mass is 10.1. The summed E-state index contributed by atoms with van der Waals surface area (Å²) in [5, 5.41) is 4.24. The van der Waals surface area contributed by atoms with E-state index in [-0.39, 0.29) is 5.91 Å². The Kier molecular flexibility index (Phi) is 9.05. The van der Waals surface area contributed by atoms with Gasteiger partial charge in [-0.05, 0) is 57.1 Å². The van der Waals surface area contributed by atoms with Crippen LogP contribution >= 0.6 is 0 Å². The van der Waals surface area contributed by atoms with Gasteiger partial charge in [-0.1, -0.05) is 61.9 Å². The monoisotopic (exact) mass is 432 g/mol. The Labute approximate surface area is 192 Å². The van der Waals surface area contributed by atoms with E-state index in [2.05, 4.69) is 41.3 Å². The van der Waals surface area contributed by atoms with E-state index in [1.165, 1.54) is 31.5 Å². The number of nitrogens with zero attached hydrogens (tertiary/aromatic N) is 3. The molecule has 0 bridgehead atoms. The number of benzene rings is 2. The second-order valence-corrected chi connectivity index (χ2v) is 8.50. The number of anilines is 1. The Bertz CT molecular complexity index is 983. The fraction of sp³-hybridized carbons (Fsp3) is 0.407. The third-order valence-electron chi connectivity index (χ3n) is 5.79. The van der Waals surface area contributed by atoms with Crippen LogP contribution in [0.2, 0.25) is 0 Å². The van der Waals surface area contributed by atoms with E-state index in [1.807, 2.05) is 55.6 Å². The fourth-order valence-corrected chi connectivity index (χ4v) is 3.81. The van der Waals surface area contributed by atoms with Gasteiger partial charge in [-0.2, -0.15) is 0 Å². The number of para-hydroxylation sites is 1. The Hall–Kier alpha value is -2.92. The molecule has 0 aliphatic carbocycles. The molecular formula is C27H36N4O. The number of unbranched alkanes of at least 4 members (excludes halogenated alkanes) is 1. The molecule has 1 aromatic heterocycles. The topological polar surface area (TPSA) is 48.5 Å². The highest BCUT2D eigenvalue weighted by molar-refractivity contribution is 6.06. The molecule has 0 saturated carbocycles. The SMILES string of the molecule is CCCCN(C)C(=O)c1cc(NCc2ccccc2)nc2ccccc12.CN1CCCC1. The zero-order valence-corrected chi connectivity index (χ0v) is 19.7. The van der Waals surface area contributed by atoms with Crippen LogP contribution in [0.1, 0.15) is 48.5 Å². The van der Waals surface area contributed by atoms with E-state index in [9.17, 15) is 4.79 Å². The van der Waals surface area contributed by atoms with Crippen molar-refractivity contribution in [3.05, 3.63) is 71.8 Å². The molecule has 2 aromatic carbocycles. The molecule has 1 aliphatic rings. The van der Waals surface area contributed by atoms with Crippen molar-refractivity contribution in [2.24, 2.45) is 0 Å². The van der Waals surface area contributed by atoms with Crippen LogP contribution in [0.5, 0.6) is 0 Å². The van der Waals surface area contributed by atoms with Crippen molar-refractivity contribution in [3.8, 4) is 0 Å². The van der Waals surface area contributed by atoms with E-state index in [4.69, 9.17) is 0 Å². The average Bonchev–Trinajstić information content (AvgIpc) is 3.32. The average molecular weight is 433 g/mol. The standard InChI is InChI=1S/C22H25N3O.C5H11N/c1-3-4-14-25(2)22(26)19-15-21(23-16-17-10-6-5-7-11-17)24-20-13-9-8-12-18(19)20;1-6-4-2-3-5-6/h5-13,15H,3-4,14,16H2,1-2H3,(H,23,24);2-5H2,1H3. The maximum absolute atomic E-state index is 13.0. The number of carbonyl (C=O) groups excluding carboxylic acids is 1. The number of rotatable bonds is 7. The van der Waals surface area contributed by atoms with E-state index in [0.717, 1.165) is 36.1 Å². The summed E-state index contributed by atoms with van der Waals surface area (Å²) in [5.74, 6) is 0.764. The van der Waals surface area contributed by atoms with Gasteiger partial charge in [0.15, 0.2) is 0 Å². The highest BCUT2D eigenvalue weighted by Gasteiger charge is 2.16. The lowest BCUT2D eigenvalue weighted by Gasteiger charge is -2.18. The van der Waals surface area contributed by atoms with Crippen LogP contribution in [0.4, 0.5) is 5.82 Å². The van der Waals surface area contributed by atoms with Gasteiger partial charge < -0.3 is 15.1 Å². The number of likely N-dealkylation sites (tertiary alicyclic amines) is 1. The van der Waals surface area contributed by atoms with Gasteiger partial charge in [-0.25, -0.2) is 4.98 Å². The maximum Gasteiger partial charge on any atom is 0.254 e. The lowest BCUT2D eigenvalue weighted by Crippen LogP contribution is -2.28. The third kappa shape index (κ3) is 6.79. The molecule has 2 heterocycles. The Morgan fingerprint density at radius 1 is 1.06 bits per heavy atom. The molecule has 1 saturated heterocycles. The summed E-state index contributed by atoms with van der Waals surface area (Å²) in [6, 6.07) is 19.9. The molecule has 1 aliphatic heterocycles. The lowest BCUT2D eigenvalue weighted by molar-refractivity contribution is 0.0795. The van der Waals surface area contributed by atoms with Crippen LogP contribution in [0.3, 0.4) is 0 Å². The maximum atomic E-state index is 13.0. The second kappa shape index (κ2) is 12.2. The summed E-state index contributed by atoms with van der Waals surface area (Å²) in [7, 11) is 4.04. The fourth-order valence-electron chi connectivity index (χ4n) is 3.81. The highest BCUT2D eigenvalue weighted by atomic mass is 16.2. The summed E-state index contributed by atoms with van der Waals surface area (Å²) < 4.78 is 0. The molecule has 0 radical (unpaired) electrons. The molecule has 0 unspecified atom stereocenters. The Balaban J connectivity index is 0.000000416. The minimum atomic E-state index is 0.0415. The number of hydrogen-bond donors (Lipinski definition) is 1. The molecule has 1 fully saturated rings. The quantitative estimate of drug-likeness (QED) is 0.541. The predicted molar refractivity (Wildman–Crippen MR) is 134 cm³/mol. The first-order valence-electron chi connectivity index (χ1n) is 11.7. The van der Waals surface area contributed by atoms with E-state index in [1.54, 1.807) is 4.90 Å². The predicted octanol–water partition coefficient (Wildman–Crippen LogP) is 5.43. The Morgan fingerprint density at radius 2 is 1.75 bits per heavy atom. The zero-order chi connectivity index (χ0) is 22.8. The van der Waals surface area contributed by atoms with Gasteiger partial charge in [0.1, 0.15) is 5.82 Å². The molecule has 0 atom stereocenters. The summed E-state index contributed by atoms with van der Waals surface area (Å²) in [6.45, 7) is 6.20. The summed E-state index contributed by atoms with van der Waals surface area (Å²) in [6.07, 6.45) is 4.90. The number of aromatic nitrogens is 1. The van der Waals surface area contributed by atoms with E-state index >= 15 is 0 Å². The van der Waals surface area contributed by atoms with E-state index < -0.39 is 0 Å². The van der Waals surface area contributed by atoms with Crippen molar-refractivity contribution >= 4 is 22.6 Å². The van der Waals surface area contributed by atoms with Crippen LogP contribution in [-0.4, -0.2) is 54.4 Å². The molecule has 0 spiro atoms. The van der Waals surface area contributed by atoms with Crippen LogP contribution in [0.15, 0.2) is 60.7 Å². The normalized spacial score (nSPS) is 13.5. The largest absolute Gasteiger partial charge is 0.366 e. The number of nitrogens with one attached hydrogen (secondary N) is 1. The number of pyridine rings is 1. The van der Waals surface area contributed by atoms with Gasteiger partial charge in [0.05, 0.1) is 11.1 Å². The Morgan fingerprint density at radius 3 is 2.41 bits per heavy atom. The number of hydrogen-bond acceptors (Lipinski definition) is 4. The minimum Gasteiger partial charge on any atom is -0.366 e. The first-order chi connectivity index (χ1) is 15.6. The van der Waals surface area contributed by atoms with Crippen LogP contribution in [0.25, 0.3) is 10.9 Å². The smallest absolute Gasteiger partial charge is 0.254 e. The summed E-state index contributed by atoms with van der Waals surface area (Å²) >= 11 is 0. The van der Waals surface area contributed by atoms with Crippen molar-refractivity contribution in [2.75, 3.05) is 39.0 Å². The van der Waals surface area contributed by atoms with Crippen molar-refractivity contribution < 1.29 is 4.79 Å². The highest BCUT2D eigenvalue weighted by Crippen LogP contribution is 2.22.